The van der Waals surface area contributed by atoms with Crippen LogP contribution < -0.4 is 24.6 Å². The van der Waals surface area contributed by atoms with E-state index in [9.17, 15) is 9.59 Å². The summed E-state index contributed by atoms with van der Waals surface area (Å²) in [4.78, 5) is 25.4. The Balaban J connectivity index is 1.40. The number of ether oxygens (including phenoxy) is 3. The van der Waals surface area contributed by atoms with Crippen LogP contribution in [0.25, 0.3) is 6.08 Å². The summed E-state index contributed by atoms with van der Waals surface area (Å²) in [5.74, 6) is 0.996. The third-order valence-corrected chi connectivity index (χ3v) is 5.81. The van der Waals surface area contributed by atoms with Crippen LogP contribution in [-0.2, 0) is 15.0 Å². The Labute approximate surface area is 217 Å². The molecule has 0 saturated carbocycles. The van der Waals surface area contributed by atoms with Crippen LogP contribution >= 0.6 is 0 Å². The zero-order chi connectivity index (χ0) is 26.4. The molecule has 1 saturated heterocycles. The number of hydrogen-bond acceptors (Lipinski definition) is 5. The molecule has 0 atom stereocenters. The molecule has 3 aromatic carbocycles. The Morgan fingerprint density at radius 2 is 1.54 bits per heavy atom. The van der Waals surface area contributed by atoms with E-state index in [4.69, 9.17) is 14.2 Å². The second-order valence-electron chi connectivity index (χ2n) is 9.59. The predicted octanol–water partition coefficient (Wildman–Crippen LogP) is 5.30. The number of carbonyl (C=O) groups excluding carboxylic acids is 2. The number of para-hydroxylation sites is 1. The van der Waals surface area contributed by atoms with Gasteiger partial charge in [0.2, 0.25) is 0 Å². The first-order chi connectivity index (χ1) is 17.8. The molecule has 37 heavy (non-hydrogen) atoms. The van der Waals surface area contributed by atoms with Gasteiger partial charge in [-0.3, -0.25) is 15.0 Å². The van der Waals surface area contributed by atoms with Gasteiger partial charge in [-0.1, -0.05) is 57.2 Å². The number of amides is 2. The molecular weight excluding hydrogens is 468 g/mol. The SMILES string of the molecule is CCOc1cc(C=C2C(=O)NN(c3ccccc3)C2=O)ccc1OCCOc1ccc(C(C)(C)C)cc1. The van der Waals surface area contributed by atoms with Crippen LogP contribution in [0.3, 0.4) is 0 Å². The van der Waals surface area contributed by atoms with Crippen molar-refractivity contribution < 1.29 is 23.8 Å². The third-order valence-electron chi connectivity index (χ3n) is 5.81. The van der Waals surface area contributed by atoms with Crippen molar-refractivity contribution in [2.75, 3.05) is 24.8 Å². The Morgan fingerprint density at radius 3 is 2.22 bits per heavy atom. The summed E-state index contributed by atoms with van der Waals surface area (Å²) in [6.07, 6.45) is 1.55. The number of rotatable bonds is 9. The lowest BCUT2D eigenvalue weighted by atomic mass is 9.87. The van der Waals surface area contributed by atoms with Crippen LogP contribution in [-0.4, -0.2) is 31.6 Å². The van der Waals surface area contributed by atoms with E-state index in [2.05, 4.69) is 38.3 Å². The third kappa shape index (κ3) is 6.30. The van der Waals surface area contributed by atoms with Gasteiger partial charge in [-0.15, -0.1) is 0 Å². The van der Waals surface area contributed by atoms with Gasteiger partial charge in [-0.2, -0.15) is 0 Å². The molecule has 2 amide bonds. The van der Waals surface area contributed by atoms with Crippen molar-refractivity contribution in [2.45, 2.75) is 33.1 Å². The average molecular weight is 501 g/mol. The molecule has 1 N–H and O–H groups in total. The number of carbonyl (C=O) groups is 2. The first-order valence-corrected chi connectivity index (χ1v) is 12.3. The largest absolute Gasteiger partial charge is 0.490 e. The quantitative estimate of drug-likeness (QED) is 0.245. The lowest BCUT2D eigenvalue weighted by molar-refractivity contribution is -0.117. The summed E-state index contributed by atoms with van der Waals surface area (Å²) in [6.45, 7) is 9.54. The van der Waals surface area contributed by atoms with E-state index in [1.807, 2.05) is 25.1 Å². The molecule has 0 bridgehead atoms. The molecule has 4 rings (SSSR count). The van der Waals surface area contributed by atoms with Crippen LogP contribution in [0.2, 0.25) is 0 Å². The van der Waals surface area contributed by atoms with E-state index in [-0.39, 0.29) is 11.0 Å². The van der Waals surface area contributed by atoms with E-state index in [0.717, 1.165) is 5.75 Å². The average Bonchev–Trinajstić information content (AvgIpc) is 3.16. The fourth-order valence-electron chi connectivity index (χ4n) is 3.85. The van der Waals surface area contributed by atoms with Gasteiger partial charge in [0.05, 0.1) is 12.3 Å². The number of benzene rings is 3. The van der Waals surface area contributed by atoms with Crippen molar-refractivity contribution in [3.63, 3.8) is 0 Å². The molecule has 0 unspecified atom stereocenters. The molecule has 0 aromatic heterocycles. The maximum atomic E-state index is 12.9. The highest BCUT2D eigenvalue weighted by atomic mass is 16.5. The van der Waals surface area contributed by atoms with Crippen LogP contribution in [0.4, 0.5) is 5.69 Å². The highest BCUT2D eigenvalue weighted by Crippen LogP contribution is 2.30. The van der Waals surface area contributed by atoms with E-state index in [0.29, 0.717) is 42.6 Å². The molecule has 1 heterocycles. The van der Waals surface area contributed by atoms with Gasteiger partial charge < -0.3 is 14.2 Å². The van der Waals surface area contributed by atoms with Crippen molar-refractivity contribution in [1.82, 2.24) is 5.43 Å². The molecule has 7 nitrogen and oxygen atoms in total. The van der Waals surface area contributed by atoms with Crippen molar-refractivity contribution >= 4 is 23.6 Å². The Morgan fingerprint density at radius 1 is 0.838 bits per heavy atom. The Kier molecular flexibility index (Phi) is 7.82. The van der Waals surface area contributed by atoms with Crippen molar-refractivity contribution in [3.8, 4) is 17.2 Å². The zero-order valence-corrected chi connectivity index (χ0v) is 21.6. The Hall–Kier alpha value is -4.26. The van der Waals surface area contributed by atoms with Gasteiger partial charge in [-0.25, -0.2) is 5.01 Å². The molecule has 192 valence electrons. The molecule has 3 aromatic rings. The summed E-state index contributed by atoms with van der Waals surface area (Å²) in [5.41, 5.74) is 5.24. The normalized spacial score (nSPS) is 14.6. The minimum atomic E-state index is -0.458. The number of nitrogens with zero attached hydrogens (tertiary/aromatic N) is 1. The van der Waals surface area contributed by atoms with Gasteiger partial charge >= 0.3 is 0 Å². The summed E-state index contributed by atoms with van der Waals surface area (Å²) >= 11 is 0. The first kappa shape index (κ1) is 25.8. The van der Waals surface area contributed by atoms with E-state index < -0.39 is 11.8 Å². The van der Waals surface area contributed by atoms with Crippen LogP contribution in [0.15, 0.2) is 78.4 Å². The van der Waals surface area contributed by atoms with Crippen LogP contribution in [0.5, 0.6) is 17.2 Å². The van der Waals surface area contributed by atoms with Crippen molar-refractivity contribution in [1.29, 1.82) is 0 Å². The van der Waals surface area contributed by atoms with E-state index in [1.165, 1.54) is 10.6 Å². The summed E-state index contributed by atoms with van der Waals surface area (Å²) in [6, 6.07) is 22.3. The predicted molar refractivity (Wildman–Crippen MR) is 144 cm³/mol. The zero-order valence-electron chi connectivity index (χ0n) is 21.6. The summed E-state index contributed by atoms with van der Waals surface area (Å²) in [7, 11) is 0. The van der Waals surface area contributed by atoms with Gasteiger partial charge in [0.15, 0.2) is 11.5 Å². The summed E-state index contributed by atoms with van der Waals surface area (Å²) in [5, 5.41) is 1.24. The molecule has 1 aliphatic rings. The second kappa shape index (κ2) is 11.2. The molecule has 0 aliphatic carbocycles. The highest BCUT2D eigenvalue weighted by molar-refractivity contribution is 6.31. The highest BCUT2D eigenvalue weighted by Gasteiger charge is 2.34. The first-order valence-electron chi connectivity index (χ1n) is 12.3. The topological polar surface area (TPSA) is 77.1 Å². The molecule has 0 spiro atoms. The number of anilines is 1. The molecule has 1 aliphatic heterocycles. The maximum Gasteiger partial charge on any atom is 0.282 e. The molecule has 7 heteroatoms. The van der Waals surface area contributed by atoms with E-state index in [1.54, 1.807) is 48.5 Å². The molecule has 1 fully saturated rings. The Bertz CT molecular complexity index is 1280. The van der Waals surface area contributed by atoms with Gasteiger partial charge in [0.1, 0.15) is 24.5 Å². The number of nitrogens with one attached hydrogen (secondary N) is 1. The van der Waals surface area contributed by atoms with Gasteiger partial charge in [0.25, 0.3) is 11.8 Å². The minimum Gasteiger partial charge on any atom is -0.490 e. The maximum absolute atomic E-state index is 12.9. The minimum absolute atomic E-state index is 0.0471. The number of hydrogen-bond donors (Lipinski definition) is 1. The lowest BCUT2D eigenvalue weighted by Crippen LogP contribution is -2.35. The smallest absolute Gasteiger partial charge is 0.282 e. The van der Waals surface area contributed by atoms with E-state index >= 15 is 0 Å². The standard InChI is InChI=1S/C30H32N2O5/c1-5-35-27-20-21(19-25-28(33)31-32(29(25)34)23-9-7-6-8-10-23)11-16-26(27)37-18-17-36-24-14-12-22(13-15-24)30(2,3)4/h6-16,19-20H,5,17-18H2,1-4H3,(H,31,33). The monoisotopic (exact) mass is 500 g/mol. The van der Waals surface area contributed by atoms with Crippen molar-refractivity contribution in [3.05, 3.63) is 89.5 Å². The fourth-order valence-corrected chi connectivity index (χ4v) is 3.85. The second-order valence-corrected chi connectivity index (χ2v) is 9.59. The van der Waals surface area contributed by atoms with Crippen LogP contribution in [0.1, 0.15) is 38.8 Å². The fraction of sp³-hybridized carbons (Fsp3) is 0.267. The lowest BCUT2D eigenvalue weighted by Gasteiger charge is -2.19. The summed E-state index contributed by atoms with van der Waals surface area (Å²) < 4.78 is 17.5. The van der Waals surface area contributed by atoms with Crippen LogP contribution in [0, 0.1) is 0 Å². The van der Waals surface area contributed by atoms with Gasteiger partial charge in [0, 0.05) is 0 Å². The molecule has 0 radical (unpaired) electrons. The number of hydrazine groups is 1. The van der Waals surface area contributed by atoms with Crippen molar-refractivity contribution in [2.24, 2.45) is 0 Å². The molecular formula is C30H32N2O5. The van der Waals surface area contributed by atoms with Gasteiger partial charge in [-0.05, 0) is 65.9 Å².